The Labute approximate surface area is 125 Å². The van der Waals surface area contributed by atoms with Crippen molar-refractivity contribution in [1.29, 1.82) is 0 Å². The molecular formula is C14H15N5O3. The molecule has 0 aliphatic carbocycles. The predicted molar refractivity (Wildman–Crippen MR) is 80.9 cm³/mol. The normalized spacial score (nSPS) is 11.0. The summed E-state index contributed by atoms with van der Waals surface area (Å²) < 4.78 is 6.32. The van der Waals surface area contributed by atoms with Gasteiger partial charge in [-0.2, -0.15) is 0 Å². The Morgan fingerprint density at radius 3 is 3.05 bits per heavy atom. The summed E-state index contributed by atoms with van der Waals surface area (Å²) in [4.78, 5) is 27.7. The Bertz CT molecular complexity index is 883. The van der Waals surface area contributed by atoms with Gasteiger partial charge in [0.05, 0.1) is 24.1 Å². The summed E-state index contributed by atoms with van der Waals surface area (Å²) in [6, 6.07) is 7.28. The third-order valence-electron chi connectivity index (χ3n) is 3.17. The first-order valence-electron chi connectivity index (χ1n) is 6.96. The maximum atomic E-state index is 11.9. The number of aromatic nitrogens is 4. The van der Waals surface area contributed by atoms with Crippen LogP contribution >= 0.6 is 0 Å². The summed E-state index contributed by atoms with van der Waals surface area (Å²) in [5.41, 5.74) is 1.40. The molecular weight excluding hydrogens is 286 g/mol. The number of anilines is 1. The molecule has 0 unspecified atom stereocenters. The van der Waals surface area contributed by atoms with Crippen molar-refractivity contribution in [3.63, 3.8) is 0 Å². The van der Waals surface area contributed by atoms with Gasteiger partial charge in [-0.25, -0.2) is 19.3 Å². The van der Waals surface area contributed by atoms with Crippen molar-refractivity contribution in [1.82, 2.24) is 19.6 Å². The van der Waals surface area contributed by atoms with Gasteiger partial charge in [0.25, 0.3) is 0 Å². The number of fused-ring (bicyclic) bond motifs is 3. The molecule has 3 aromatic rings. The average molecular weight is 301 g/mol. The largest absolute Gasteiger partial charge is 0.466 e. The number of H-pyrrole nitrogens is 1. The Kier molecular flexibility index (Phi) is 3.73. The van der Waals surface area contributed by atoms with E-state index in [4.69, 9.17) is 4.74 Å². The maximum absolute atomic E-state index is 11.9. The second-order valence-corrected chi connectivity index (χ2v) is 4.62. The minimum Gasteiger partial charge on any atom is -0.466 e. The van der Waals surface area contributed by atoms with E-state index in [2.05, 4.69) is 20.5 Å². The summed E-state index contributed by atoms with van der Waals surface area (Å²) >= 11 is 0. The lowest BCUT2D eigenvalue weighted by Gasteiger charge is -2.08. The molecule has 0 saturated heterocycles. The number of nitrogens with one attached hydrogen (secondary N) is 2. The molecule has 0 spiro atoms. The summed E-state index contributed by atoms with van der Waals surface area (Å²) in [6.45, 7) is 2.46. The van der Waals surface area contributed by atoms with Crippen LogP contribution in [0.4, 0.5) is 5.82 Å². The number of nitrogens with zero attached hydrogens (tertiary/aromatic N) is 3. The van der Waals surface area contributed by atoms with Crippen molar-refractivity contribution in [3.8, 4) is 0 Å². The molecule has 3 rings (SSSR count). The van der Waals surface area contributed by atoms with Crippen molar-refractivity contribution in [3.05, 3.63) is 34.7 Å². The highest BCUT2D eigenvalue weighted by molar-refractivity contribution is 5.82. The molecule has 2 aromatic heterocycles. The van der Waals surface area contributed by atoms with E-state index in [1.165, 1.54) is 4.40 Å². The van der Waals surface area contributed by atoms with Crippen LogP contribution in [-0.4, -0.2) is 38.7 Å². The topological polar surface area (TPSA) is 101 Å². The van der Waals surface area contributed by atoms with Crippen molar-refractivity contribution >= 4 is 28.5 Å². The Hall–Kier alpha value is -2.90. The number of carbonyl (C=O) groups is 1. The lowest BCUT2D eigenvalue weighted by molar-refractivity contribution is -0.142. The fourth-order valence-corrected chi connectivity index (χ4v) is 2.23. The number of hydrogen-bond donors (Lipinski definition) is 2. The number of esters is 1. The molecule has 0 amide bonds. The lowest BCUT2D eigenvalue weighted by atomic mass is 10.3. The van der Waals surface area contributed by atoms with Crippen molar-refractivity contribution in [2.75, 3.05) is 18.5 Å². The molecule has 0 fully saturated rings. The summed E-state index contributed by atoms with van der Waals surface area (Å²) in [6.07, 6.45) is 0.211. The Morgan fingerprint density at radius 2 is 2.23 bits per heavy atom. The van der Waals surface area contributed by atoms with E-state index in [-0.39, 0.29) is 18.1 Å². The Morgan fingerprint density at radius 1 is 1.41 bits per heavy atom. The van der Waals surface area contributed by atoms with Crippen LogP contribution in [0.25, 0.3) is 16.7 Å². The van der Waals surface area contributed by atoms with E-state index in [9.17, 15) is 9.59 Å². The molecule has 0 aliphatic rings. The first-order chi connectivity index (χ1) is 10.7. The molecule has 8 nitrogen and oxygen atoms in total. The molecule has 1 aromatic carbocycles. The van der Waals surface area contributed by atoms with Gasteiger partial charge in [0.1, 0.15) is 0 Å². The van der Waals surface area contributed by atoms with Crippen LogP contribution in [0.15, 0.2) is 29.1 Å². The fraction of sp³-hybridized carbons (Fsp3) is 0.286. The maximum Gasteiger partial charge on any atom is 0.348 e. The molecule has 0 atom stereocenters. The molecule has 0 bridgehead atoms. The first kappa shape index (κ1) is 14.1. The van der Waals surface area contributed by atoms with Crippen LogP contribution in [0.3, 0.4) is 0 Å². The van der Waals surface area contributed by atoms with Gasteiger partial charge in [0.2, 0.25) is 5.65 Å². The van der Waals surface area contributed by atoms with Crippen molar-refractivity contribution < 1.29 is 9.53 Å². The molecule has 2 N–H and O–H groups in total. The van der Waals surface area contributed by atoms with E-state index in [0.717, 1.165) is 0 Å². The van der Waals surface area contributed by atoms with Gasteiger partial charge in [-0.3, -0.25) is 4.79 Å². The second-order valence-electron chi connectivity index (χ2n) is 4.62. The van der Waals surface area contributed by atoms with Crippen LogP contribution in [0.1, 0.15) is 13.3 Å². The van der Waals surface area contributed by atoms with Crippen molar-refractivity contribution in [2.24, 2.45) is 0 Å². The predicted octanol–water partition coefficient (Wildman–Crippen LogP) is 0.936. The van der Waals surface area contributed by atoms with Crippen LogP contribution in [-0.2, 0) is 9.53 Å². The van der Waals surface area contributed by atoms with Gasteiger partial charge >= 0.3 is 11.7 Å². The molecule has 2 heterocycles. The summed E-state index contributed by atoms with van der Waals surface area (Å²) in [7, 11) is 0. The van der Waals surface area contributed by atoms with Crippen LogP contribution < -0.4 is 11.0 Å². The highest BCUT2D eigenvalue weighted by Crippen LogP contribution is 2.18. The molecule has 114 valence electrons. The Balaban J connectivity index is 1.95. The molecule has 22 heavy (non-hydrogen) atoms. The standard InChI is InChI=1S/C14H15N5O3/c1-2-22-11(20)7-8-15-12-13-17-18-14(21)19(13)10-6-4-3-5-9(10)16-12/h3-6H,2,7-8H2,1H3,(H,15,16)(H,18,21). The van der Waals surface area contributed by atoms with Crippen LogP contribution in [0, 0.1) is 0 Å². The number of benzene rings is 1. The highest BCUT2D eigenvalue weighted by atomic mass is 16.5. The third kappa shape index (κ3) is 2.50. The summed E-state index contributed by atoms with van der Waals surface area (Å²) in [5.74, 6) is 0.160. The van der Waals surface area contributed by atoms with Gasteiger partial charge in [-0.05, 0) is 19.1 Å². The molecule has 8 heteroatoms. The fourth-order valence-electron chi connectivity index (χ4n) is 2.23. The highest BCUT2D eigenvalue weighted by Gasteiger charge is 2.12. The van der Waals surface area contributed by atoms with Gasteiger partial charge < -0.3 is 10.1 Å². The van der Waals surface area contributed by atoms with Crippen LogP contribution in [0.2, 0.25) is 0 Å². The zero-order valence-corrected chi connectivity index (χ0v) is 12.0. The van der Waals surface area contributed by atoms with Crippen LogP contribution in [0.5, 0.6) is 0 Å². The van der Waals surface area contributed by atoms with E-state index >= 15 is 0 Å². The van der Waals surface area contributed by atoms with Gasteiger partial charge in [-0.15, -0.1) is 5.10 Å². The van der Waals surface area contributed by atoms with Gasteiger partial charge in [0, 0.05) is 6.54 Å². The number of hydrogen-bond acceptors (Lipinski definition) is 6. The molecule has 0 radical (unpaired) electrons. The quantitative estimate of drug-likeness (QED) is 0.680. The number of ether oxygens (including phenoxy) is 1. The minimum absolute atomic E-state index is 0.211. The number of carbonyl (C=O) groups excluding carboxylic acids is 1. The van der Waals surface area contributed by atoms with E-state index in [1.54, 1.807) is 13.0 Å². The minimum atomic E-state index is -0.331. The third-order valence-corrected chi connectivity index (χ3v) is 3.17. The first-order valence-corrected chi connectivity index (χ1v) is 6.96. The van der Waals surface area contributed by atoms with Crippen molar-refractivity contribution in [2.45, 2.75) is 13.3 Å². The average Bonchev–Trinajstić information content (AvgIpc) is 2.90. The van der Waals surface area contributed by atoms with E-state index in [1.807, 2.05) is 18.2 Å². The van der Waals surface area contributed by atoms with Gasteiger partial charge in [-0.1, -0.05) is 12.1 Å². The van der Waals surface area contributed by atoms with E-state index in [0.29, 0.717) is 35.7 Å². The molecule has 0 saturated carbocycles. The zero-order valence-electron chi connectivity index (χ0n) is 12.0. The molecule has 0 aliphatic heterocycles. The smallest absolute Gasteiger partial charge is 0.348 e. The number of aromatic amines is 1. The van der Waals surface area contributed by atoms with E-state index < -0.39 is 0 Å². The van der Waals surface area contributed by atoms with Gasteiger partial charge in [0.15, 0.2) is 5.82 Å². The monoisotopic (exact) mass is 301 g/mol. The lowest BCUT2D eigenvalue weighted by Crippen LogP contribution is -2.15. The SMILES string of the molecule is CCOC(=O)CCNc1nc2ccccc2n2c(=O)[nH]nc12. The zero-order chi connectivity index (χ0) is 15.5. The number of para-hydroxylation sites is 2. The second kappa shape index (κ2) is 5.84. The summed E-state index contributed by atoms with van der Waals surface area (Å²) in [5, 5.41) is 9.43. The number of rotatable bonds is 5.